The predicted molar refractivity (Wildman–Crippen MR) is 299 cm³/mol. The van der Waals surface area contributed by atoms with Crippen molar-refractivity contribution in [1.29, 1.82) is 0 Å². The minimum Gasteiger partial charge on any atom is -0.309 e. The summed E-state index contributed by atoms with van der Waals surface area (Å²) in [5.41, 5.74) is 14.4. The van der Waals surface area contributed by atoms with Gasteiger partial charge in [-0.1, -0.05) is 200 Å². The van der Waals surface area contributed by atoms with Crippen molar-refractivity contribution in [1.82, 2.24) is 9.13 Å². The molecule has 0 aliphatic rings. The fraction of sp³-hybridized carbons (Fsp3) is 0. The molecule has 0 spiro atoms. The molecule has 2 heterocycles. The van der Waals surface area contributed by atoms with Gasteiger partial charge in [0.05, 0.1) is 22.1 Å². The second kappa shape index (κ2) is 15.1. The summed E-state index contributed by atoms with van der Waals surface area (Å²) in [4.78, 5) is 0. The summed E-state index contributed by atoms with van der Waals surface area (Å²) in [7, 11) is 0. The molecular formula is C68H42N2. The highest BCUT2D eigenvalue weighted by Gasteiger charge is 2.23. The van der Waals surface area contributed by atoms with Gasteiger partial charge in [-0.25, -0.2) is 0 Å². The van der Waals surface area contributed by atoms with Crippen molar-refractivity contribution >= 4 is 97.5 Å². The summed E-state index contributed by atoms with van der Waals surface area (Å²) in [6.07, 6.45) is 0. The number of hydrogen-bond acceptors (Lipinski definition) is 0. The maximum atomic E-state index is 2.51. The first-order valence-electron chi connectivity index (χ1n) is 24.3. The van der Waals surface area contributed by atoms with E-state index >= 15 is 0 Å². The average molecular weight is 887 g/mol. The molecule has 15 rings (SSSR count). The van der Waals surface area contributed by atoms with Crippen LogP contribution in [-0.4, -0.2) is 9.13 Å². The van der Waals surface area contributed by atoms with Crippen molar-refractivity contribution < 1.29 is 0 Å². The molecule has 70 heavy (non-hydrogen) atoms. The van der Waals surface area contributed by atoms with Crippen LogP contribution in [0.4, 0.5) is 0 Å². The summed E-state index contributed by atoms with van der Waals surface area (Å²) in [6.45, 7) is 0. The van der Waals surface area contributed by atoms with Crippen LogP contribution in [0.1, 0.15) is 0 Å². The molecule has 0 aliphatic carbocycles. The Balaban J connectivity index is 1.10. The van der Waals surface area contributed by atoms with Gasteiger partial charge in [-0.05, 0) is 131 Å². The Bertz CT molecular complexity index is 4370. The molecule has 0 bridgehead atoms. The largest absolute Gasteiger partial charge is 0.309 e. The predicted octanol–water partition coefficient (Wildman–Crippen LogP) is 18.6. The zero-order valence-corrected chi connectivity index (χ0v) is 38.1. The Morgan fingerprint density at radius 1 is 0.200 bits per heavy atom. The van der Waals surface area contributed by atoms with Crippen LogP contribution in [0.25, 0.3) is 142 Å². The number of nitrogens with zero attached hydrogens (tertiary/aromatic N) is 2. The molecule has 15 aromatic rings. The minimum atomic E-state index is 1.14. The minimum absolute atomic E-state index is 1.14. The SMILES string of the molecule is c1ccc(-n2c3cc4ccccc4cc3c3cccc(-c4cccc5c(-c6cccc7ccccc67)c6cccc(-c7cccc8c9cc%10ccccc%10cc9n(-c9ccccc9)c78)c6cc45)c32)cc1. The van der Waals surface area contributed by atoms with Gasteiger partial charge >= 0.3 is 0 Å². The second-order valence-electron chi connectivity index (χ2n) is 18.8. The molecule has 0 saturated heterocycles. The third-order valence-corrected chi connectivity index (χ3v) is 15.0. The van der Waals surface area contributed by atoms with Crippen LogP contribution >= 0.6 is 0 Å². The molecule has 2 heteroatoms. The highest BCUT2D eigenvalue weighted by atomic mass is 15.0. The van der Waals surface area contributed by atoms with Crippen LogP contribution in [0.15, 0.2) is 255 Å². The molecule has 0 unspecified atom stereocenters. The Hall–Kier alpha value is -9.24. The first-order valence-corrected chi connectivity index (χ1v) is 24.3. The van der Waals surface area contributed by atoms with Crippen molar-refractivity contribution in [3.63, 3.8) is 0 Å². The van der Waals surface area contributed by atoms with Gasteiger partial charge in [-0.3, -0.25) is 0 Å². The fourth-order valence-corrected chi connectivity index (χ4v) is 12.0. The van der Waals surface area contributed by atoms with E-state index in [2.05, 4.69) is 264 Å². The molecule has 0 N–H and O–H groups in total. The molecule has 0 aliphatic heterocycles. The normalized spacial score (nSPS) is 12.0. The van der Waals surface area contributed by atoms with Gasteiger partial charge in [-0.2, -0.15) is 0 Å². The molecule has 0 fully saturated rings. The molecule has 2 aromatic heterocycles. The van der Waals surface area contributed by atoms with Crippen LogP contribution in [0, 0.1) is 0 Å². The fourth-order valence-electron chi connectivity index (χ4n) is 12.0. The Kier molecular flexibility index (Phi) is 8.39. The van der Waals surface area contributed by atoms with Crippen molar-refractivity contribution in [2.75, 3.05) is 0 Å². The summed E-state index contributed by atoms with van der Waals surface area (Å²) < 4.78 is 4.99. The van der Waals surface area contributed by atoms with Crippen molar-refractivity contribution in [3.8, 4) is 44.8 Å². The molecular weight excluding hydrogens is 845 g/mol. The Morgan fingerprint density at radius 2 is 0.557 bits per heavy atom. The van der Waals surface area contributed by atoms with Crippen LogP contribution in [0.5, 0.6) is 0 Å². The lowest BCUT2D eigenvalue weighted by molar-refractivity contribution is 1.18. The monoisotopic (exact) mass is 886 g/mol. The van der Waals surface area contributed by atoms with E-state index < -0.39 is 0 Å². The summed E-state index contributed by atoms with van der Waals surface area (Å²) >= 11 is 0. The van der Waals surface area contributed by atoms with Crippen LogP contribution in [-0.2, 0) is 0 Å². The van der Waals surface area contributed by atoms with Gasteiger partial charge in [0.2, 0.25) is 0 Å². The summed E-state index contributed by atoms with van der Waals surface area (Å²) in [5.74, 6) is 0. The van der Waals surface area contributed by atoms with Gasteiger partial charge in [0.1, 0.15) is 0 Å². The molecule has 0 saturated carbocycles. The molecule has 0 radical (unpaired) electrons. The lowest BCUT2D eigenvalue weighted by atomic mass is 9.84. The van der Waals surface area contributed by atoms with Gasteiger partial charge < -0.3 is 9.13 Å². The highest BCUT2D eigenvalue weighted by molar-refractivity contribution is 6.25. The lowest BCUT2D eigenvalue weighted by Crippen LogP contribution is -1.97. The number of fused-ring (bicyclic) bond motifs is 11. The number of rotatable bonds is 5. The maximum absolute atomic E-state index is 2.51. The van der Waals surface area contributed by atoms with Crippen molar-refractivity contribution in [3.05, 3.63) is 255 Å². The Morgan fingerprint density at radius 3 is 1.06 bits per heavy atom. The average Bonchev–Trinajstić information content (AvgIpc) is 3.93. The quantitative estimate of drug-likeness (QED) is 0.152. The summed E-state index contributed by atoms with van der Waals surface area (Å²) in [5, 5.41) is 17.3. The van der Waals surface area contributed by atoms with Gasteiger partial charge in [0.25, 0.3) is 0 Å². The van der Waals surface area contributed by atoms with Crippen molar-refractivity contribution in [2.45, 2.75) is 0 Å². The third-order valence-electron chi connectivity index (χ3n) is 15.0. The lowest BCUT2D eigenvalue weighted by Gasteiger charge is -2.20. The standard InChI is InChI=1S/C68H42N2/c1-3-24-48(25-4-1)69-64-40-46-21-9-7-19-44(46)38-62(64)58-36-16-34-56(67(58)69)51-29-14-32-54-60(51)42-61-52(30-15-33-55(61)66(54)53-31-13-23-43-18-11-12-28-50(43)53)57-35-17-37-59-63-39-45-20-8-10-22-47(45)41-65(63)70(68(57)59)49-26-5-2-6-27-49/h1-42H. The molecule has 13 aromatic carbocycles. The number of benzene rings is 13. The third kappa shape index (κ3) is 5.68. The smallest absolute Gasteiger partial charge is 0.0619 e. The molecule has 0 amide bonds. The number of aromatic nitrogens is 2. The summed E-state index contributed by atoms with van der Waals surface area (Å²) in [6, 6.07) is 94.7. The van der Waals surface area contributed by atoms with E-state index in [1.807, 2.05) is 0 Å². The molecule has 324 valence electrons. The first-order chi connectivity index (χ1) is 34.7. The van der Waals surface area contributed by atoms with E-state index in [0.717, 1.165) is 11.4 Å². The number of para-hydroxylation sites is 4. The molecule has 2 nitrogen and oxygen atoms in total. The van der Waals surface area contributed by atoms with Gasteiger partial charge in [-0.15, -0.1) is 0 Å². The van der Waals surface area contributed by atoms with Crippen molar-refractivity contribution in [2.24, 2.45) is 0 Å². The maximum Gasteiger partial charge on any atom is 0.0619 e. The highest BCUT2D eigenvalue weighted by Crippen LogP contribution is 2.49. The zero-order chi connectivity index (χ0) is 45.9. The first kappa shape index (κ1) is 38.8. The van der Waals surface area contributed by atoms with Crippen LogP contribution in [0.2, 0.25) is 0 Å². The number of hydrogen-bond donors (Lipinski definition) is 0. The van der Waals surface area contributed by atoms with E-state index in [-0.39, 0.29) is 0 Å². The second-order valence-corrected chi connectivity index (χ2v) is 18.8. The topological polar surface area (TPSA) is 9.86 Å². The van der Waals surface area contributed by atoms with E-state index in [0.29, 0.717) is 0 Å². The van der Waals surface area contributed by atoms with E-state index in [1.54, 1.807) is 0 Å². The van der Waals surface area contributed by atoms with Gasteiger partial charge in [0, 0.05) is 44.0 Å². The van der Waals surface area contributed by atoms with Crippen LogP contribution in [0.3, 0.4) is 0 Å². The zero-order valence-electron chi connectivity index (χ0n) is 38.1. The van der Waals surface area contributed by atoms with Crippen LogP contribution < -0.4 is 0 Å². The van der Waals surface area contributed by atoms with Gasteiger partial charge in [0.15, 0.2) is 0 Å². The molecule has 0 atom stereocenters. The Labute approximate surface area is 404 Å². The van der Waals surface area contributed by atoms with E-state index in [9.17, 15) is 0 Å². The van der Waals surface area contributed by atoms with E-state index in [1.165, 1.54) is 131 Å². The van der Waals surface area contributed by atoms with E-state index in [4.69, 9.17) is 0 Å².